The fourth-order valence-electron chi connectivity index (χ4n) is 2.90. The lowest BCUT2D eigenvalue weighted by atomic mass is 10.1. The van der Waals surface area contributed by atoms with Crippen LogP contribution in [0.2, 0.25) is 0 Å². The summed E-state index contributed by atoms with van der Waals surface area (Å²) in [6.07, 6.45) is 0.319. The molecule has 0 bridgehead atoms. The van der Waals surface area contributed by atoms with Crippen molar-refractivity contribution in [1.29, 1.82) is 0 Å². The first kappa shape index (κ1) is 17.3. The van der Waals surface area contributed by atoms with Gasteiger partial charge < -0.3 is 4.74 Å². The van der Waals surface area contributed by atoms with Crippen LogP contribution < -0.4 is 5.56 Å². The predicted molar refractivity (Wildman–Crippen MR) is 98.1 cm³/mol. The molecule has 0 unspecified atom stereocenters. The molecule has 0 saturated carbocycles. The molecule has 1 aromatic carbocycles. The van der Waals surface area contributed by atoms with Crippen LogP contribution in [0.15, 0.2) is 40.5 Å². The molecule has 9 heteroatoms. The zero-order valence-corrected chi connectivity index (χ0v) is 15.2. The molecule has 0 saturated heterocycles. The Morgan fingerprint density at radius 2 is 2.07 bits per heavy atom. The fourth-order valence-corrected chi connectivity index (χ4v) is 3.75. The number of thiophene rings is 1. The first-order valence-corrected chi connectivity index (χ1v) is 9.13. The first-order valence-electron chi connectivity index (χ1n) is 8.25. The van der Waals surface area contributed by atoms with E-state index in [1.54, 1.807) is 35.7 Å². The van der Waals surface area contributed by atoms with E-state index >= 15 is 0 Å². The average molecular weight is 386 g/mol. The molecule has 4 aromatic rings. The van der Waals surface area contributed by atoms with Crippen molar-refractivity contribution in [2.45, 2.75) is 19.4 Å². The van der Waals surface area contributed by atoms with Gasteiger partial charge in [0.25, 0.3) is 5.56 Å². The quantitative estimate of drug-likeness (QED) is 0.493. The third-order valence-electron chi connectivity index (χ3n) is 4.32. The second-order valence-electron chi connectivity index (χ2n) is 6.00. The maximum atomic E-state index is 13.6. The van der Waals surface area contributed by atoms with Gasteiger partial charge in [-0.2, -0.15) is 0 Å². The summed E-state index contributed by atoms with van der Waals surface area (Å²) < 4.78 is 22.6. The minimum Gasteiger partial charge on any atom is -0.457 e. The molecule has 0 atom stereocenters. The van der Waals surface area contributed by atoms with E-state index in [2.05, 4.69) is 10.2 Å². The van der Waals surface area contributed by atoms with Crippen LogP contribution in [0.25, 0.3) is 16.0 Å². The highest BCUT2D eigenvalue weighted by Gasteiger charge is 2.17. The van der Waals surface area contributed by atoms with Crippen molar-refractivity contribution in [3.63, 3.8) is 0 Å². The second-order valence-corrected chi connectivity index (χ2v) is 6.92. The van der Waals surface area contributed by atoms with Crippen molar-refractivity contribution in [1.82, 2.24) is 19.2 Å². The Morgan fingerprint density at radius 1 is 1.26 bits per heavy atom. The molecule has 0 fully saturated rings. The topological polar surface area (TPSA) is 78.5 Å². The summed E-state index contributed by atoms with van der Waals surface area (Å²) in [4.78, 5) is 24.3. The summed E-state index contributed by atoms with van der Waals surface area (Å²) in [5.74, 6) is 0.00227. The summed E-state index contributed by atoms with van der Waals surface area (Å²) in [7, 11) is 1.62. The molecule has 0 N–H and O–H groups in total. The monoisotopic (exact) mass is 386 g/mol. The van der Waals surface area contributed by atoms with Crippen LogP contribution in [0, 0.1) is 5.82 Å². The SMILES string of the molecule is Cn1c(=O)c2sccc2n2c(COC(=O)CCc3ccccc3F)nnc12. The van der Waals surface area contributed by atoms with Gasteiger partial charge >= 0.3 is 5.97 Å². The van der Waals surface area contributed by atoms with E-state index in [-0.39, 0.29) is 30.8 Å². The third-order valence-corrected chi connectivity index (χ3v) is 5.21. The molecule has 0 aliphatic carbocycles. The Hall–Kier alpha value is -3.07. The Bertz CT molecular complexity index is 1210. The van der Waals surface area contributed by atoms with Crippen molar-refractivity contribution in [2.24, 2.45) is 7.05 Å². The second kappa shape index (κ2) is 6.92. The molecule has 0 aliphatic heterocycles. The number of esters is 1. The molecule has 3 heterocycles. The normalized spacial score (nSPS) is 11.3. The minimum absolute atomic E-state index is 0.0595. The van der Waals surface area contributed by atoms with Crippen molar-refractivity contribution >= 4 is 33.3 Å². The summed E-state index contributed by atoms with van der Waals surface area (Å²) in [6.45, 7) is -0.0829. The predicted octanol–water partition coefficient (Wildman–Crippen LogP) is 2.46. The van der Waals surface area contributed by atoms with Crippen LogP contribution in [0.3, 0.4) is 0 Å². The van der Waals surface area contributed by atoms with Gasteiger partial charge in [0.2, 0.25) is 5.78 Å². The van der Waals surface area contributed by atoms with Crippen LogP contribution >= 0.6 is 11.3 Å². The standard InChI is InChI=1S/C18H15FN4O3S/c1-22-17(25)16-13(8-9-27-16)23-14(20-21-18(22)23)10-26-15(24)7-6-11-4-2-3-5-12(11)19/h2-5,8-9H,6-7,10H2,1H3. The lowest BCUT2D eigenvalue weighted by molar-refractivity contribution is -0.145. The van der Waals surface area contributed by atoms with E-state index < -0.39 is 5.97 Å². The van der Waals surface area contributed by atoms with E-state index in [1.807, 2.05) is 5.38 Å². The van der Waals surface area contributed by atoms with Gasteiger partial charge in [-0.3, -0.25) is 18.6 Å². The Labute approximate surface area is 156 Å². The first-order chi connectivity index (χ1) is 13.1. The molecule has 4 rings (SSSR count). The smallest absolute Gasteiger partial charge is 0.306 e. The van der Waals surface area contributed by atoms with E-state index in [0.717, 1.165) is 0 Å². The van der Waals surface area contributed by atoms with Crippen molar-refractivity contribution in [3.8, 4) is 0 Å². The van der Waals surface area contributed by atoms with Gasteiger partial charge in [0.1, 0.15) is 10.5 Å². The number of rotatable bonds is 5. The number of halogens is 1. The number of fused-ring (bicyclic) bond motifs is 3. The average Bonchev–Trinajstić information content (AvgIpc) is 3.30. The maximum Gasteiger partial charge on any atom is 0.306 e. The Morgan fingerprint density at radius 3 is 2.89 bits per heavy atom. The van der Waals surface area contributed by atoms with Crippen LogP contribution in [-0.4, -0.2) is 25.1 Å². The lowest BCUT2D eigenvalue weighted by Crippen LogP contribution is -2.19. The van der Waals surface area contributed by atoms with Crippen LogP contribution in [0.5, 0.6) is 0 Å². The van der Waals surface area contributed by atoms with Gasteiger partial charge in [-0.25, -0.2) is 4.39 Å². The van der Waals surface area contributed by atoms with Gasteiger partial charge in [0.15, 0.2) is 12.4 Å². The number of aromatic nitrogens is 4. The van der Waals surface area contributed by atoms with Gasteiger partial charge in [0.05, 0.1) is 5.52 Å². The van der Waals surface area contributed by atoms with Crippen LogP contribution in [-0.2, 0) is 29.6 Å². The zero-order chi connectivity index (χ0) is 19.0. The summed E-state index contributed by atoms with van der Waals surface area (Å²) in [5, 5.41) is 9.90. The Kier molecular flexibility index (Phi) is 4.44. The summed E-state index contributed by atoms with van der Waals surface area (Å²) in [6, 6.07) is 8.14. The molecule has 0 spiro atoms. The zero-order valence-electron chi connectivity index (χ0n) is 14.4. The third kappa shape index (κ3) is 3.10. The minimum atomic E-state index is -0.457. The fraction of sp³-hybridized carbons (Fsp3) is 0.222. The highest BCUT2D eigenvalue weighted by Crippen LogP contribution is 2.19. The number of hydrogen-bond donors (Lipinski definition) is 0. The molecule has 3 aromatic heterocycles. The van der Waals surface area contributed by atoms with E-state index in [9.17, 15) is 14.0 Å². The molecule has 0 aliphatic rings. The van der Waals surface area contributed by atoms with Crippen molar-refractivity contribution in [3.05, 3.63) is 63.3 Å². The lowest BCUT2D eigenvalue weighted by Gasteiger charge is -2.06. The van der Waals surface area contributed by atoms with E-state index in [0.29, 0.717) is 27.4 Å². The Balaban J connectivity index is 1.52. The maximum absolute atomic E-state index is 13.6. The molecule has 138 valence electrons. The van der Waals surface area contributed by atoms with E-state index in [1.165, 1.54) is 22.0 Å². The molecule has 0 amide bonds. The number of aryl methyl sites for hydroxylation is 2. The number of carbonyl (C=O) groups is 1. The summed E-state index contributed by atoms with van der Waals surface area (Å²) >= 11 is 1.33. The van der Waals surface area contributed by atoms with E-state index in [4.69, 9.17) is 4.74 Å². The van der Waals surface area contributed by atoms with Crippen molar-refractivity contribution in [2.75, 3.05) is 0 Å². The molecular weight excluding hydrogens is 371 g/mol. The van der Waals surface area contributed by atoms with Gasteiger partial charge in [-0.05, 0) is 29.5 Å². The van der Waals surface area contributed by atoms with Gasteiger partial charge in [0, 0.05) is 13.5 Å². The molecule has 7 nitrogen and oxygen atoms in total. The number of carbonyl (C=O) groups excluding carboxylic acids is 1. The van der Waals surface area contributed by atoms with Crippen LogP contribution in [0.1, 0.15) is 17.8 Å². The van der Waals surface area contributed by atoms with Crippen LogP contribution in [0.4, 0.5) is 4.39 Å². The molecule has 0 radical (unpaired) electrons. The molecular formula is C18H15FN4O3S. The van der Waals surface area contributed by atoms with Gasteiger partial charge in [-0.1, -0.05) is 18.2 Å². The number of benzene rings is 1. The number of hydrogen-bond acceptors (Lipinski definition) is 6. The highest BCUT2D eigenvalue weighted by molar-refractivity contribution is 7.17. The number of nitrogens with zero attached hydrogens (tertiary/aromatic N) is 4. The van der Waals surface area contributed by atoms with Crippen molar-refractivity contribution < 1.29 is 13.9 Å². The largest absolute Gasteiger partial charge is 0.457 e. The number of ether oxygens (including phenoxy) is 1. The summed E-state index contributed by atoms with van der Waals surface area (Å²) in [5.41, 5.74) is 1.01. The highest BCUT2D eigenvalue weighted by atomic mass is 32.1. The molecule has 27 heavy (non-hydrogen) atoms. The van der Waals surface area contributed by atoms with Gasteiger partial charge in [-0.15, -0.1) is 21.5 Å².